The maximum Gasteiger partial charge on any atom is 0.261 e. The van der Waals surface area contributed by atoms with Crippen molar-refractivity contribution < 1.29 is 4.79 Å². The van der Waals surface area contributed by atoms with Gasteiger partial charge in [-0.3, -0.25) is 4.79 Å². The van der Waals surface area contributed by atoms with Crippen LogP contribution in [0, 0.1) is 0 Å². The zero-order valence-electron chi connectivity index (χ0n) is 12.4. The Morgan fingerprint density at radius 1 is 1.18 bits per heavy atom. The Kier molecular flexibility index (Phi) is 3.97. The fourth-order valence-corrected chi connectivity index (χ4v) is 5.61. The lowest BCUT2D eigenvalue weighted by molar-refractivity contribution is 0.0939. The van der Waals surface area contributed by atoms with E-state index in [1.807, 2.05) is 11.8 Å². The number of carbonyl (C=O) groups is 1. The van der Waals surface area contributed by atoms with Crippen molar-refractivity contribution in [1.29, 1.82) is 0 Å². The van der Waals surface area contributed by atoms with Crippen LogP contribution in [0.3, 0.4) is 0 Å². The number of nitrogens with one attached hydrogen (secondary N) is 1. The molecule has 1 atom stereocenters. The highest BCUT2D eigenvalue weighted by Gasteiger charge is 2.24. The van der Waals surface area contributed by atoms with E-state index >= 15 is 0 Å². The van der Waals surface area contributed by atoms with Crippen molar-refractivity contribution in [3.63, 3.8) is 0 Å². The van der Waals surface area contributed by atoms with Gasteiger partial charge < -0.3 is 5.32 Å². The second-order valence-corrected chi connectivity index (χ2v) is 8.24. The largest absolute Gasteiger partial charge is 0.344 e. The molecule has 2 aromatic rings. The van der Waals surface area contributed by atoms with Gasteiger partial charge in [0.25, 0.3) is 5.91 Å². The minimum atomic E-state index is 0.103. The van der Waals surface area contributed by atoms with Crippen LogP contribution in [0.5, 0.6) is 0 Å². The van der Waals surface area contributed by atoms with E-state index in [1.54, 1.807) is 11.3 Å². The quantitative estimate of drug-likeness (QED) is 0.873. The van der Waals surface area contributed by atoms with Crippen molar-refractivity contribution in [2.75, 3.05) is 5.75 Å². The number of hydrogen-bond acceptors (Lipinski definition) is 3. The third kappa shape index (κ3) is 2.70. The number of rotatable bonds is 2. The molecule has 114 valence electrons. The van der Waals surface area contributed by atoms with E-state index in [2.05, 4.69) is 35.6 Å². The normalized spacial score (nSPS) is 20.1. The van der Waals surface area contributed by atoms with Crippen molar-refractivity contribution in [3.05, 3.63) is 51.2 Å². The lowest BCUT2D eigenvalue weighted by Crippen LogP contribution is -2.30. The Morgan fingerprint density at radius 2 is 2.05 bits per heavy atom. The Balaban J connectivity index is 1.54. The number of fused-ring (bicyclic) bond motifs is 2. The van der Waals surface area contributed by atoms with Crippen LogP contribution in [0.1, 0.15) is 51.0 Å². The van der Waals surface area contributed by atoms with Crippen LogP contribution in [0.15, 0.2) is 35.2 Å². The molecule has 22 heavy (non-hydrogen) atoms. The Labute approximate surface area is 139 Å². The SMILES string of the molecule is O=C(N[C@H]1CCSc2ccccc21)c1cc2c(s1)CCCC2. The first-order valence-corrected chi connectivity index (χ1v) is 9.75. The molecular weight excluding hydrogens is 310 g/mol. The average Bonchev–Trinajstić information content (AvgIpc) is 2.99. The number of hydrogen-bond donors (Lipinski definition) is 1. The molecule has 2 aliphatic rings. The molecule has 1 amide bonds. The summed E-state index contributed by atoms with van der Waals surface area (Å²) in [6.45, 7) is 0. The monoisotopic (exact) mass is 329 g/mol. The molecule has 0 saturated carbocycles. The van der Waals surface area contributed by atoms with Gasteiger partial charge in [0.1, 0.15) is 0 Å². The summed E-state index contributed by atoms with van der Waals surface area (Å²) in [6.07, 6.45) is 5.83. The maximum absolute atomic E-state index is 12.6. The molecule has 4 rings (SSSR count). The van der Waals surface area contributed by atoms with E-state index in [0.717, 1.165) is 29.9 Å². The molecule has 0 radical (unpaired) electrons. The van der Waals surface area contributed by atoms with Crippen molar-refractivity contribution in [3.8, 4) is 0 Å². The molecule has 2 heterocycles. The van der Waals surface area contributed by atoms with Crippen molar-refractivity contribution >= 4 is 29.0 Å². The molecular formula is C18H19NOS2. The zero-order chi connectivity index (χ0) is 14.9. The number of amides is 1. The highest BCUT2D eigenvalue weighted by Crippen LogP contribution is 2.36. The second-order valence-electron chi connectivity index (χ2n) is 5.97. The van der Waals surface area contributed by atoms with Gasteiger partial charge in [-0.05, 0) is 55.4 Å². The van der Waals surface area contributed by atoms with Crippen molar-refractivity contribution in [2.24, 2.45) is 0 Å². The molecule has 2 nitrogen and oxygen atoms in total. The topological polar surface area (TPSA) is 29.1 Å². The van der Waals surface area contributed by atoms with Crippen LogP contribution in [-0.4, -0.2) is 11.7 Å². The van der Waals surface area contributed by atoms with Crippen LogP contribution in [0.4, 0.5) is 0 Å². The van der Waals surface area contributed by atoms with Crippen LogP contribution < -0.4 is 5.32 Å². The first kappa shape index (κ1) is 14.3. The van der Waals surface area contributed by atoms with E-state index in [0.29, 0.717) is 0 Å². The number of thioether (sulfide) groups is 1. The zero-order valence-corrected chi connectivity index (χ0v) is 14.1. The van der Waals surface area contributed by atoms with Gasteiger partial charge in [0.2, 0.25) is 0 Å². The minimum Gasteiger partial charge on any atom is -0.344 e. The summed E-state index contributed by atoms with van der Waals surface area (Å²) in [5, 5.41) is 3.26. The molecule has 0 fully saturated rings. The lowest BCUT2D eigenvalue weighted by atomic mass is 9.99. The summed E-state index contributed by atoms with van der Waals surface area (Å²) in [6, 6.07) is 10.7. The molecule has 1 aromatic carbocycles. The van der Waals surface area contributed by atoms with Gasteiger partial charge in [-0.1, -0.05) is 18.2 Å². The average molecular weight is 329 g/mol. The molecule has 1 aliphatic carbocycles. The van der Waals surface area contributed by atoms with Gasteiger partial charge in [-0.2, -0.15) is 0 Å². The molecule has 4 heteroatoms. The molecule has 1 N–H and O–H groups in total. The summed E-state index contributed by atoms with van der Waals surface area (Å²) in [5.41, 5.74) is 2.68. The van der Waals surface area contributed by atoms with Crippen LogP contribution in [-0.2, 0) is 12.8 Å². The van der Waals surface area contributed by atoms with Crippen molar-refractivity contribution in [2.45, 2.75) is 43.0 Å². The van der Waals surface area contributed by atoms with Crippen molar-refractivity contribution in [1.82, 2.24) is 5.32 Å². The number of aryl methyl sites for hydroxylation is 2. The lowest BCUT2D eigenvalue weighted by Gasteiger charge is -2.25. The van der Waals surface area contributed by atoms with Gasteiger partial charge in [-0.25, -0.2) is 0 Å². The van der Waals surface area contributed by atoms with Gasteiger partial charge in [0.15, 0.2) is 0 Å². The third-order valence-corrected chi connectivity index (χ3v) is 6.84. The number of benzene rings is 1. The predicted octanol–water partition coefficient (Wildman–Crippen LogP) is 4.59. The summed E-state index contributed by atoms with van der Waals surface area (Å²) in [4.78, 5) is 16.3. The summed E-state index contributed by atoms with van der Waals surface area (Å²) >= 11 is 3.58. The van der Waals surface area contributed by atoms with Crippen LogP contribution in [0.25, 0.3) is 0 Å². The predicted molar refractivity (Wildman–Crippen MR) is 93.0 cm³/mol. The fourth-order valence-electron chi connectivity index (χ4n) is 3.32. The van der Waals surface area contributed by atoms with Crippen LogP contribution in [0.2, 0.25) is 0 Å². The first-order valence-electron chi connectivity index (χ1n) is 7.95. The summed E-state index contributed by atoms with van der Waals surface area (Å²) in [7, 11) is 0. The third-order valence-electron chi connectivity index (χ3n) is 4.48. The van der Waals surface area contributed by atoms with E-state index in [4.69, 9.17) is 0 Å². The van der Waals surface area contributed by atoms with Gasteiger partial charge >= 0.3 is 0 Å². The van der Waals surface area contributed by atoms with Gasteiger partial charge in [0.05, 0.1) is 10.9 Å². The summed E-state index contributed by atoms with van der Waals surface area (Å²) < 4.78 is 0. The van der Waals surface area contributed by atoms with E-state index in [9.17, 15) is 4.79 Å². The highest BCUT2D eigenvalue weighted by atomic mass is 32.2. The van der Waals surface area contributed by atoms with E-state index in [1.165, 1.54) is 33.7 Å². The minimum absolute atomic E-state index is 0.103. The highest BCUT2D eigenvalue weighted by molar-refractivity contribution is 7.99. The first-order chi connectivity index (χ1) is 10.8. The van der Waals surface area contributed by atoms with Crippen LogP contribution >= 0.6 is 23.1 Å². The van der Waals surface area contributed by atoms with Gasteiger partial charge in [0, 0.05) is 15.5 Å². The second kappa shape index (κ2) is 6.09. The molecule has 0 bridgehead atoms. The molecule has 0 saturated heterocycles. The Bertz CT molecular complexity index is 683. The van der Waals surface area contributed by atoms with E-state index in [-0.39, 0.29) is 11.9 Å². The Hall–Kier alpha value is -1.26. The number of thiophene rings is 1. The van der Waals surface area contributed by atoms with E-state index < -0.39 is 0 Å². The smallest absolute Gasteiger partial charge is 0.261 e. The molecule has 0 unspecified atom stereocenters. The number of carbonyl (C=O) groups excluding carboxylic acids is 1. The Morgan fingerprint density at radius 3 is 2.95 bits per heavy atom. The fraction of sp³-hybridized carbons (Fsp3) is 0.389. The summed E-state index contributed by atoms with van der Waals surface area (Å²) in [5.74, 6) is 1.18. The maximum atomic E-state index is 12.6. The standard InChI is InChI=1S/C18H19NOS2/c20-18(17-11-12-5-1-3-7-15(12)22-17)19-14-9-10-21-16-8-4-2-6-13(14)16/h2,4,6,8,11,14H,1,3,5,7,9-10H2,(H,19,20)/t14-/m0/s1. The molecule has 1 aliphatic heterocycles. The molecule has 0 spiro atoms. The molecule has 1 aromatic heterocycles. The van der Waals surface area contributed by atoms with Gasteiger partial charge in [-0.15, -0.1) is 23.1 Å².